The summed E-state index contributed by atoms with van der Waals surface area (Å²) in [5.41, 5.74) is 1.83. The zero-order chi connectivity index (χ0) is 17.3. The molecule has 0 atom stereocenters. The molecule has 3 rings (SSSR count). The molecule has 2 aromatic carbocycles. The van der Waals surface area contributed by atoms with Crippen LogP contribution in [0.15, 0.2) is 41.3 Å². The first kappa shape index (κ1) is 16.1. The van der Waals surface area contributed by atoms with Gasteiger partial charge in [0.1, 0.15) is 16.4 Å². The summed E-state index contributed by atoms with van der Waals surface area (Å²) < 4.78 is 38.0. The quantitative estimate of drug-likeness (QED) is 0.862. The van der Waals surface area contributed by atoms with Crippen molar-refractivity contribution in [1.82, 2.24) is 0 Å². The van der Waals surface area contributed by atoms with Crippen molar-refractivity contribution < 1.29 is 22.7 Å². The minimum Gasteiger partial charge on any atom is -0.497 e. The molecule has 0 saturated heterocycles. The minimum atomic E-state index is -3.85. The Morgan fingerprint density at radius 3 is 2.58 bits per heavy atom. The molecule has 7 nitrogen and oxygen atoms in total. The van der Waals surface area contributed by atoms with Crippen molar-refractivity contribution in [1.29, 1.82) is 0 Å². The van der Waals surface area contributed by atoms with E-state index in [-0.39, 0.29) is 23.0 Å². The van der Waals surface area contributed by atoms with Crippen LogP contribution < -0.4 is 19.5 Å². The molecular formula is C16H16N2O5S. The molecule has 0 spiro atoms. The van der Waals surface area contributed by atoms with E-state index in [1.54, 1.807) is 24.3 Å². The van der Waals surface area contributed by atoms with Crippen molar-refractivity contribution in [2.24, 2.45) is 0 Å². The second-order valence-electron chi connectivity index (χ2n) is 5.22. The Kier molecular flexibility index (Phi) is 4.06. The normalized spacial score (nSPS) is 13.2. The molecule has 2 aromatic rings. The largest absolute Gasteiger partial charge is 0.497 e. The van der Waals surface area contributed by atoms with Crippen LogP contribution in [0.25, 0.3) is 0 Å². The summed E-state index contributed by atoms with van der Waals surface area (Å²) in [7, 11) is -0.971. The van der Waals surface area contributed by atoms with Crippen LogP contribution in [-0.4, -0.2) is 28.5 Å². The fourth-order valence-corrected chi connectivity index (χ4v) is 3.70. The van der Waals surface area contributed by atoms with Gasteiger partial charge in [0, 0.05) is 17.4 Å². The van der Waals surface area contributed by atoms with Gasteiger partial charge in [0.15, 0.2) is 0 Å². The van der Waals surface area contributed by atoms with Gasteiger partial charge in [-0.15, -0.1) is 0 Å². The number of sulfonamides is 1. The maximum atomic E-state index is 12.6. The Labute approximate surface area is 139 Å². The van der Waals surface area contributed by atoms with Crippen LogP contribution in [0.1, 0.15) is 5.56 Å². The third-order valence-corrected chi connectivity index (χ3v) is 5.06. The molecule has 1 heterocycles. The SMILES string of the molecule is COc1ccc(S(=O)(=O)Nc2ccc3c(c2)CC(=O)N3)c(OC)c1. The van der Waals surface area contributed by atoms with E-state index in [0.29, 0.717) is 17.1 Å². The van der Waals surface area contributed by atoms with Crippen LogP contribution in [0.4, 0.5) is 11.4 Å². The summed E-state index contributed by atoms with van der Waals surface area (Å²) in [6, 6.07) is 9.36. The second kappa shape index (κ2) is 6.04. The van der Waals surface area contributed by atoms with Crippen molar-refractivity contribution >= 4 is 27.3 Å². The van der Waals surface area contributed by atoms with Crippen LogP contribution in [0, 0.1) is 0 Å². The average molecular weight is 348 g/mol. The van der Waals surface area contributed by atoms with Gasteiger partial charge in [-0.25, -0.2) is 8.42 Å². The first-order valence-corrected chi connectivity index (χ1v) is 8.59. The number of carbonyl (C=O) groups is 1. The highest BCUT2D eigenvalue weighted by Gasteiger charge is 2.22. The number of carbonyl (C=O) groups excluding carboxylic acids is 1. The maximum absolute atomic E-state index is 12.6. The summed E-state index contributed by atoms with van der Waals surface area (Å²) in [6.07, 6.45) is 0.233. The van der Waals surface area contributed by atoms with Crippen LogP contribution in [0.3, 0.4) is 0 Å². The van der Waals surface area contributed by atoms with E-state index in [1.807, 2.05) is 0 Å². The zero-order valence-corrected chi connectivity index (χ0v) is 13.9. The average Bonchev–Trinajstić information content (AvgIpc) is 2.93. The van der Waals surface area contributed by atoms with Crippen molar-refractivity contribution in [3.63, 3.8) is 0 Å². The molecule has 0 bridgehead atoms. The van der Waals surface area contributed by atoms with E-state index < -0.39 is 10.0 Å². The van der Waals surface area contributed by atoms with E-state index in [1.165, 1.54) is 26.4 Å². The Balaban J connectivity index is 1.92. The van der Waals surface area contributed by atoms with Crippen LogP contribution in [0.5, 0.6) is 11.5 Å². The number of anilines is 2. The Morgan fingerprint density at radius 2 is 1.88 bits per heavy atom. The third kappa shape index (κ3) is 3.00. The topological polar surface area (TPSA) is 93.7 Å². The highest BCUT2D eigenvalue weighted by Crippen LogP contribution is 2.31. The van der Waals surface area contributed by atoms with Gasteiger partial charge in [-0.05, 0) is 35.9 Å². The van der Waals surface area contributed by atoms with Gasteiger partial charge in [0.2, 0.25) is 5.91 Å². The standard InChI is InChI=1S/C16H16N2O5S/c1-22-12-4-6-15(14(9-12)23-2)24(20,21)18-11-3-5-13-10(7-11)8-16(19)17-13/h3-7,9,18H,8H2,1-2H3,(H,17,19). The zero-order valence-electron chi connectivity index (χ0n) is 13.1. The Hall–Kier alpha value is -2.74. The highest BCUT2D eigenvalue weighted by molar-refractivity contribution is 7.92. The number of methoxy groups -OCH3 is 2. The lowest BCUT2D eigenvalue weighted by Crippen LogP contribution is -2.14. The second-order valence-corrected chi connectivity index (χ2v) is 6.87. The van der Waals surface area contributed by atoms with E-state index in [4.69, 9.17) is 9.47 Å². The van der Waals surface area contributed by atoms with Gasteiger partial charge in [0.05, 0.1) is 20.6 Å². The van der Waals surface area contributed by atoms with Gasteiger partial charge < -0.3 is 14.8 Å². The van der Waals surface area contributed by atoms with Gasteiger partial charge >= 0.3 is 0 Å². The van der Waals surface area contributed by atoms with Crippen molar-refractivity contribution in [3.8, 4) is 11.5 Å². The highest BCUT2D eigenvalue weighted by atomic mass is 32.2. The molecule has 0 aliphatic carbocycles. The van der Waals surface area contributed by atoms with Crippen LogP contribution in [0.2, 0.25) is 0 Å². The molecule has 1 aliphatic heterocycles. The summed E-state index contributed by atoms with van der Waals surface area (Å²) in [5.74, 6) is 0.564. The molecule has 0 saturated carbocycles. The van der Waals surface area contributed by atoms with E-state index in [0.717, 1.165) is 5.56 Å². The van der Waals surface area contributed by atoms with E-state index in [2.05, 4.69) is 10.0 Å². The summed E-state index contributed by atoms with van der Waals surface area (Å²) in [4.78, 5) is 11.4. The molecule has 24 heavy (non-hydrogen) atoms. The number of amides is 1. The fourth-order valence-electron chi connectivity index (χ4n) is 2.50. The molecule has 0 radical (unpaired) electrons. The summed E-state index contributed by atoms with van der Waals surface area (Å²) in [5, 5.41) is 2.70. The molecule has 1 aliphatic rings. The summed E-state index contributed by atoms with van der Waals surface area (Å²) in [6.45, 7) is 0. The van der Waals surface area contributed by atoms with Gasteiger partial charge in [-0.1, -0.05) is 0 Å². The molecule has 0 aromatic heterocycles. The molecule has 2 N–H and O–H groups in total. The predicted molar refractivity (Wildman–Crippen MR) is 89.1 cm³/mol. The minimum absolute atomic E-state index is 0.000463. The lowest BCUT2D eigenvalue weighted by Gasteiger charge is -2.13. The number of ether oxygens (including phenoxy) is 2. The number of fused-ring (bicyclic) bond motifs is 1. The number of hydrogen-bond donors (Lipinski definition) is 2. The molecule has 8 heteroatoms. The first-order valence-electron chi connectivity index (χ1n) is 7.10. The van der Waals surface area contributed by atoms with Crippen molar-refractivity contribution in [2.45, 2.75) is 11.3 Å². The maximum Gasteiger partial charge on any atom is 0.265 e. The van der Waals surface area contributed by atoms with Crippen molar-refractivity contribution in [3.05, 3.63) is 42.0 Å². The van der Waals surface area contributed by atoms with Gasteiger partial charge in [0.25, 0.3) is 10.0 Å². The Bertz CT molecular complexity index is 909. The van der Waals surface area contributed by atoms with Gasteiger partial charge in [-0.3, -0.25) is 9.52 Å². The molecule has 0 fully saturated rings. The molecule has 126 valence electrons. The van der Waals surface area contributed by atoms with Crippen molar-refractivity contribution in [2.75, 3.05) is 24.3 Å². The summed E-state index contributed by atoms with van der Waals surface area (Å²) >= 11 is 0. The molecule has 1 amide bonds. The third-order valence-electron chi connectivity index (χ3n) is 3.64. The molecule has 0 unspecified atom stereocenters. The lowest BCUT2D eigenvalue weighted by atomic mass is 10.1. The number of benzene rings is 2. The van der Waals surface area contributed by atoms with Crippen LogP contribution in [-0.2, 0) is 21.2 Å². The Morgan fingerprint density at radius 1 is 1.08 bits per heavy atom. The first-order chi connectivity index (χ1) is 11.4. The number of nitrogens with one attached hydrogen (secondary N) is 2. The van der Waals surface area contributed by atoms with E-state index in [9.17, 15) is 13.2 Å². The van der Waals surface area contributed by atoms with Gasteiger partial charge in [-0.2, -0.15) is 0 Å². The molecular weight excluding hydrogens is 332 g/mol. The monoisotopic (exact) mass is 348 g/mol. The fraction of sp³-hybridized carbons (Fsp3) is 0.188. The smallest absolute Gasteiger partial charge is 0.265 e. The van der Waals surface area contributed by atoms with Crippen LogP contribution >= 0.6 is 0 Å². The lowest BCUT2D eigenvalue weighted by molar-refractivity contribution is -0.115. The van der Waals surface area contributed by atoms with E-state index >= 15 is 0 Å². The number of hydrogen-bond acceptors (Lipinski definition) is 5. The predicted octanol–water partition coefficient (Wildman–Crippen LogP) is 2.00. The number of rotatable bonds is 5.